The van der Waals surface area contributed by atoms with E-state index in [1.807, 2.05) is 27.7 Å². The zero-order valence-electron chi connectivity index (χ0n) is 22.8. The van der Waals surface area contributed by atoms with Crippen molar-refractivity contribution in [2.75, 3.05) is 0 Å². The van der Waals surface area contributed by atoms with Gasteiger partial charge in [0.25, 0.3) is 0 Å². The van der Waals surface area contributed by atoms with Gasteiger partial charge in [-0.2, -0.15) is 0 Å². The number of carbonyl (C=O) groups is 4. The normalized spacial score (nSPS) is 40.4. The van der Waals surface area contributed by atoms with E-state index in [-0.39, 0.29) is 49.0 Å². The van der Waals surface area contributed by atoms with Gasteiger partial charge in [-0.3, -0.25) is 19.2 Å². The number of carboxylic acids is 1. The Morgan fingerprint density at radius 3 is 2.38 bits per heavy atom. The number of carboxylic acid groups (broad SMARTS) is 1. The average molecular weight is 519 g/mol. The highest BCUT2D eigenvalue weighted by Crippen LogP contribution is 2.66. The molecule has 8 nitrogen and oxygen atoms in total. The third-order valence-electron chi connectivity index (χ3n) is 10.7. The fourth-order valence-electron chi connectivity index (χ4n) is 8.83. The van der Waals surface area contributed by atoms with Gasteiger partial charge in [0.05, 0.1) is 23.7 Å². The monoisotopic (exact) mass is 518 g/mol. The van der Waals surface area contributed by atoms with E-state index in [1.54, 1.807) is 6.92 Å². The lowest BCUT2D eigenvalue weighted by atomic mass is 9.45. The van der Waals surface area contributed by atoms with Gasteiger partial charge >= 0.3 is 5.97 Å². The fourth-order valence-corrected chi connectivity index (χ4v) is 8.83. The van der Waals surface area contributed by atoms with Crippen LogP contribution in [0.5, 0.6) is 0 Å². The molecule has 4 N–H and O–H groups in total. The first-order valence-corrected chi connectivity index (χ1v) is 13.5. The lowest BCUT2D eigenvalue weighted by Gasteiger charge is -2.58. The lowest BCUT2D eigenvalue weighted by Crippen LogP contribution is -2.58. The molecule has 0 spiro atoms. The van der Waals surface area contributed by atoms with Crippen molar-refractivity contribution < 1.29 is 39.6 Å². The molecule has 0 aromatic heterocycles. The van der Waals surface area contributed by atoms with Crippen LogP contribution in [0.4, 0.5) is 0 Å². The third-order valence-corrected chi connectivity index (χ3v) is 10.7. The summed E-state index contributed by atoms with van der Waals surface area (Å²) in [6.07, 6.45) is -1.07. The molecule has 0 saturated heterocycles. The number of hydrogen-bond acceptors (Lipinski definition) is 7. The van der Waals surface area contributed by atoms with Gasteiger partial charge < -0.3 is 20.4 Å². The minimum Gasteiger partial charge on any atom is -0.481 e. The molecule has 206 valence electrons. The van der Waals surface area contributed by atoms with Crippen molar-refractivity contribution in [1.29, 1.82) is 0 Å². The largest absolute Gasteiger partial charge is 0.481 e. The molecule has 2 saturated carbocycles. The quantitative estimate of drug-likeness (QED) is 0.419. The molecule has 4 aliphatic carbocycles. The van der Waals surface area contributed by atoms with Gasteiger partial charge in [-0.1, -0.05) is 34.6 Å². The molecule has 4 rings (SSSR count). The molecule has 4 aliphatic rings. The van der Waals surface area contributed by atoms with Crippen LogP contribution in [0.15, 0.2) is 11.1 Å². The Kier molecular flexibility index (Phi) is 6.70. The van der Waals surface area contributed by atoms with Crippen LogP contribution in [0, 0.1) is 39.9 Å². The Labute approximate surface area is 218 Å². The number of aliphatic carboxylic acids is 1. The number of hydrogen-bond donors (Lipinski definition) is 4. The van der Waals surface area contributed by atoms with Crippen LogP contribution in [0.2, 0.25) is 0 Å². The molecule has 0 amide bonds. The van der Waals surface area contributed by atoms with Crippen molar-refractivity contribution in [3.05, 3.63) is 11.1 Å². The van der Waals surface area contributed by atoms with E-state index in [4.69, 9.17) is 0 Å². The number of rotatable bonds is 6. The average Bonchev–Trinajstić information content (AvgIpc) is 3.03. The van der Waals surface area contributed by atoms with Crippen LogP contribution in [0.1, 0.15) is 86.5 Å². The first kappa shape index (κ1) is 28.1. The van der Waals surface area contributed by atoms with Gasteiger partial charge in [-0.25, -0.2) is 0 Å². The highest BCUT2D eigenvalue weighted by molar-refractivity contribution is 6.04. The summed E-state index contributed by atoms with van der Waals surface area (Å²) >= 11 is 0. The number of ketones is 3. The standard InChI is InChI=1S/C29H42O8/c1-14(25(35)36)9-15(30)12-29(6,37)20-11-17(32)23-22-16(31)10-19-26(2,3)21(34)7-8-27(19,4)24(22)18(33)13-28(20,23)5/h14-16,19-20,23,30-31,37H,7-13H2,1-6H3,(H,35,36)/t14?,15?,16?,19?,20?,23?,27?,28?,29-/m0/s1. The minimum atomic E-state index is -1.53. The van der Waals surface area contributed by atoms with Gasteiger partial charge in [0.15, 0.2) is 5.78 Å². The Morgan fingerprint density at radius 2 is 1.78 bits per heavy atom. The van der Waals surface area contributed by atoms with Gasteiger partial charge in [0, 0.05) is 53.9 Å². The minimum absolute atomic E-state index is 0.0102. The molecule has 37 heavy (non-hydrogen) atoms. The third kappa shape index (κ3) is 4.14. The van der Waals surface area contributed by atoms with Crippen molar-refractivity contribution >= 4 is 23.3 Å². The Hall–Kier alpha value is -1.90. The number of fused-ring (bicyclic) bond motifs is 4. The number of aliphatic hydroxyl groups is 3. The molecule has 0 aromatic rings. The fraction of sp³-hybridized carbons (Fsp3) is 0.793. The van der Waals surface area contributed by atoms with Crippen LogP contribution in [0.3, 0.4) is 0 Å². The predicted molar refractivity (Wildman–Crippen MR) is 134 cm³/mol. The zero-order valence-corrected chi connectivity index (χ0v) is 22.8. The van der Waals surface area contributed by atoms with Gasteiger partial charge in [-0.05, 0) is 43.1 Å². The molecule has 0 aliphatic heterocycles. The second kappa shape index (κ2) is 8.82. The summed E-state index contributed by atoms with van der Waals surface area (Å²) in [7, 11) is 0. The molecule has 0 aromatic carbocycles. The van der Waals surface area contributed by atoms with Gasteiger partial charge in [-0.15, -0.1) is 0 Å². The van der Waals surface area contributed by atoms with Crippen LogP contribution in [-0.2, 0) is 19.2 Å². The van der Waals surface area contributed by atoms with Crippen molar-refractivity contribution in [2.45, 2.75) is 104 Å². The zero-order chi connectivity index (χ0) is 27.9. The molecule has 0 radical (unpaired) electrons. The topological polar surface area (TPSA) is 149 Å². The maximum absolute atomic E-state index is 13.9. The molecular formula is C29H42O8. The summed E-state index contributed by atoms with van der Waals surface area (Å²) in [5, 5.41) is 42.7. The molecule has 8 unspecified atom stereocenters. The summed E-state index contributed by atoms with van der Waals surface area (Å²) in [6, 6.07) is 0. The highest BCUT2D eigenvalue weighted by atomic mass is 16.4. The van der Waals surface area contributed by atoms with Crippen LogP contribution in [-0.4, -0.2) is 61.6 Å². The van der Waals surface area contributed by atoms with Crippen LogP contribution in [0.25, 0.3) is 0 Å². The summed E-state index contributed by atoms with van der Waals surface area (Å²) in [5.74, 6) is -3.55. The highest BCUT2D eigenvalue weighted by Gasteiger charge is 2.66. The van der Waals surface area contributed by atoms with E-state index in [2.05, 4.69) is 0 Å². The van der Waals surface area contributed by atoms with Crippen LogP contribution >= 0.6 is 0 Å². The summed E-state index contributed by atoms with van der Waals surface area (Å²) < 4.78 is 0. The van der Waals surface area contributed by atoms with E-state index in [0.29, 0.717) is 30.4 Å². The maximum Gasteiger partial charge on any atom is 0.306 e. The number of aliphatic hydroxyl groups excluding tert-OH is 2. The van der Waals surface area contributed by atoms with Crippen molar-refractivity contribution in [1.82, 2.24) is 0 Å². The maximum atomic E-state index is 13.9. The first-order valence-electron chi connectivity index (χ1n) is 13.5. The van der Waals surface area contributed by atoms with Crippen LogP contribution < -0.4 is 0 Å². The molecule has 0 heterocycles. The summed E-state index contributed by atoms with van der Waals surface area (Å²) in [6.45, 7) is 10.6. The van der Waals surface area contributed by atoms with Crippen molar-refractivity contribution in [3.8, 4) is 0 Å². The van der Waals surface area contributed by atoms with E-state index >= 15 is 0 Å². The Balaban J connectivity index is 1.72. The second-order valence-corrected chi connectivity index (χ2v) is 13.6. The van der Waals surface area contributed by atoms with Gasteiger partial charge in [0.2, 0.25) is 0 Å². The molecular weight excluding hydrogens is 476 g/mol. The number of allylic oxidation sites excluding steroid dienone is 1. The molecule has 9 atom stereocenters. The second-order valence-electron chi connectivity index (χ2n) is 13.6. The van der Waals surface area contributed by atoms with Gasteiger partial charge in [0.1, 0.15) is 11.6 Å². The van der Waals surface area contributed by atoms with Crippen molar-refractivity contribution in [3.63, 3.8) is 0 Å². The molecule has 8 heteroatoms. The first-order chi connectivity index (χ1) is 16.9. The number of Topliss-reactive ketones (excluding diaryl/α,β-unsaturated/α-hetero) is 3. The van der Waals surface area contributed by atoms with Crippen molar-refractivity contribution in [2.24, 2.45) is 39.9 Å². The Bertz CT molecular complexity index is 1070. The van der Waals surface area contributed by atoms with E-state index < -0.39 is 57.8 Å². The predicted octanol–water partition coefficient (Wildman–Crippen LogP) is 2.86. The Morgan fingerprint density at radius 1 is 1.16 bits per heavy atom. The summed E-state index contributed by atoms with van der Waals surface area (Å²) in [4.78, 5) is 51.5. The SMILES string of the molecule is CC(CC(O)C[C@](C)(O)C1CC(=O)C2C3=C(C(=O)CC21C)C1(C)CCC(=O)C(C)(C)C1CC3O)C(=O)O. The lowest BCUT2D eigenvalue weighted by molar-refractivity contribution is -0.146. The van der Waals surface area contributed by atoms with E-state index in [1.165, 1.54) is 6.92 Å². The number of carbonyl (C=O) groups excluding carboxylic acids is 3. The molecule has 0 bridgehead atoms. The summed E-state index contributed by atoms with van der Waals surface area (Å²) in [5.41, 5.74) is -2.79. The van der Waals surface area contributed by atoms with E-state index in [0.717, 1.165) is 0 Å². The van der Waals surface area contributed by atoms with E-state index in [9.17, 15) is 39.6 Å². The smallest absolute Gasteiger partial charge is 0.306 e. The molecule has 2 fully saturated rings.